The highest BCUT2D eigenvalue weighted by atomic mass is 15.1. The molecule has 0 bridgehead atoms. The molecule has 1 rings (SSSR count). The van der Waals surface area contributed by atoms with E-state index in [1.54, 1.807) is 0 Å². The lowest BCUT2D eigenvalue weighted by Crippen LogP contribution is -2.32. The van der Waals surface area contributed by atoms with E-state index in [9.17, 15) is 0 Å². The number of hydrogen-bond donors (Lipinski definition) is 1. The molecule has 0 saturated carbocycles. The highest BCUT2D eigenvalue weighted by molar-refractivity contribution is 4.64. The van der Waals surface area contributed by atoms with Crippen LogP contribution >= 0.6 is 0 Å². The topological polar surface area (TPSA) is 15.3 Å². The van der Waals surface area contributed by atoms with Crippen molar-refractivity contribution >= 4 is 0 Å². The summed E-state index contributed by atoms with van der Waals surface area (Å²) in [6, 6.07) is 0. The molecular weight excluding hydrogens is 172 g/mol. The van der Waals surface area contributed by atoms with Gasteiger partial charge < -0.3 is 10.2 Å². The van der Waals surface area contributed by atoms with Gasteiger partial charge in [-0.05, 0) is 57.9 Å². The van der Waals surface area contributed by atoms with Crippen LogP contribution in [-0.4, -0.2) is 37.6 Å². The number of rotatable bonds is 6. The summed E-state index contributed by atoms with van der Waals surface area (Å²) in [6.45, 7) is 10.9. The van der Waals surface area contributed by atoms with E-state index in [0.717, 1.165) is 5.92 Å². The molecule has 1 fully saturated rings. The Morgan fingerprint density at radius 2 is 1.86 bits per heavy atom. The smallest absolute Gasteiger partial charge is 0.000664 e. The third kappa shape index (κ3) is 5.61. The van der Waals surface area contributed by atoms with Gasteiger partial charge in [0.2, 0.25) is 0 Å². The van der Waals surface area contributed by atoms with Crippen LogP contribution in [0.3, 0.4) is 0 Å². The summed E-state index contributed by atoms with van der Waals surface area (Å²) in [5.41, 5.74) is 0. The normalized spacial score (nSPS) is 19.1. The Balaban J connectivity index is 1.87. The zero-order valence-electron chi connectivity index (χ0n) is 9.89. The average Bonchev–Trinajstić information content (AvgIpc) is 2.18. The molecule has 1 aliphatic heterocycles. The van der Waals surface area contributed by atoms with Gasteiger partial charge in [0, 0.05) is 0 Å². The van der Waals surface area contributed by atoms with Crippen molar-refractivity contribution in [1.29, 1.82) is 0 Å². The molecule has 0 atom stereocenters. The van der Waals surface area contributed by atoms with Gasteiger partial charge in [-0.1, -0.05) is 20.3 Å². The van der Waals surface area contributed by atoms with Crippen LogP contribution in [0.2, 0.25) is 0 Å². The molecule has 0 aromatic carbocycles. The molecule has 84 valence electrons. The van der Waals surface area contributed by atoms with E-state index < -0.39 is 0 Å². The zero-order valence-corrected chi connectivity index (χ0v) is 9.89. The van der Waals surface area contributed by atoms with E-state index >= 15 is 0 Å². The van der Waals surface area contributed by atoms with E-state index in [1.807, 2.05) is 0 Å². The van der Waals surface area contributed by atoms with Gasteiger partial charge in [-0.3, -0.25) is 0 Å². The summed E-state index contributed by atoms with van der Waals surface area (Å²) >= 11 is 0. The molecule has 1 N–H and O–H groups in total. The molecule has 2 heteroatoms. The van der Waals surface area contributed by atoms with Crippen molar-refractivity contribution in [3.63, 3.8) is 0 Å². The Labute approximate surface area is 89.1 Å². The van der Waals surface area contributed by atoms with Crippen molar-refractivity contribution < 1.29 is 0 Å². The number of likely N-dealkylation sites (tertiary alicyclic amines) is 1. The lowest BCUT2D eigenvalue weighted by molar-refractivity contribution is 0.225. The van der Waals surface area contributed by atoms with Crippen molar-refractivity contribution in [1.82, 2.24) is 10.2 Å². The minimum Gasteiger partial charge on any atom is -0.316 e. The third-order valence-corrected chi connectivity index (χ3v) is 2.83. The van der Waals surface area contributed by atoms with Crippen molar-refractivity contribution in [3.8, 4) is 0 Å². The molecule has 14 heavy (non-hydrogen) atoms. The summed E-state index contributed by atoms with van der Waals surface area (Å²) < 4.78 is 0. The first-order valence-corrected chi connectivity index (χ1v) is 6.22. The second-order valence-electron chi connectivity index (χ2n) is 4.85. The quantitative estimate of drug-likeness (QED) is 0.658. The molecule has 2 nitrogen and oxygen atoms in total. The molecule has 0 aromatic heterocycles. The fourth-order valence-corrected chi connectivity index (χ4v) is 2.00. The molecule has 1 aliphatic rings. The molecule has 0 amide bonds. The van der Waals surface area contributed by atoms with Gasteiger partial charge >= 0.3 is 0 Å². The van der Waals surface area contributed by atoms with Crippen LogP contribution in [0.5, 0.6) is 0 Å². The lowest BCUT2D eigenvalue weighted by atomic mass is 10.1. The van der Waals surface area contributed by atoms with Gasteiger partial charge in [0.05, 0.1) is 0 Å². The van der Waals surface area contributed by atoms with Crippen LogP contribution in [-0.2, 0) is 0 Å². The summed E-state index contributed by atoms with van der Waals surface area (Å²) in [5.74, 6) is 0.782. The van der Waals surface area contributed by atoms with Gasteiger partial charge in [0.25, 0.3) is 0 Å². The predicted octanol–water partition coefficient (Wildman–Crippen LogP) is 2.11. The van der Waals surface area contributed by atoms with Crippen LogP contribution in [0.1, 0.15) is 39.5 Å². The van der Waals surface area contributed by atoms with Crippen LogP contribution in [0.4, 0.5) is 0 Å². The summed E-state index contributed by atoms with van der Waals surface area (Å²) in [7, 11) is 0. The van der Waals surface area contributed by atoms with Crippen LogP contribution in [0.25, 0.3) is 0 Å². The minimum atomic E-state index is 0.782. The van der Waals surface area contributed by atoms with E-state index in [4.69, 9.17) is 0 Å². The highest BCUT2D eigenvalue weighted by Gasteiger charge is 2.08. The third-order valence-electron chi connectivity index (χ3n) is 2.83. The number of hydrogen-bond acceptors (Lipinski definition) is 2. The van der Waals surface area contributed by atoms with Crippen molar-refractivity contribution in [2.24, 2.45) is 5.92 Å². The highest BCUT2D eigenvalue weighted by Crippen LogP contribution is 2.08. The van der Waals surface area contributed by atoms with Crippen LogP contribution < -0.4 is 5.32 Å². The van der Waals surface area contributed by atoms with Crippen molar-refractivity contribution in [2.45, 2.75) is 39.5 Å². The van der Waals surface area contributed by atoms with E-state index in [2.05, 4.69) is 24.1 Å². The van der Waals surface area contributed by atoms with Gasteiger partial charge in [-0.2, -0.15) is 0 Å². The van der Waals surface area contributed by atoms with Gasteiger partial charge in [-0.15, -0.1) is 0 Å². The van der Waals surface area contributed by atoms with E-state index in [0.29, 0.717) is 0 Å². The van der Waals surface area contributed by atoms with E-state index in [1.165, 1.54) is 58.4 Å². The molecule has 0 aromatic rings. The maximum Gasteiger partial charge on any atom is -0.000664 e. The Morgan fingerprint density at radius 1 is 1.14 bits per heavy atom. The number of piperidine rings is 1. The SMILES string of the molecule is CC(C)CNCCCN1CCCCC1. The van der Waals surface area contributed by atoms with Gasteiger partial charge in [-0.25, -0.2) is 0 Å². The Kier molecular flexibility index (Phi) is 6.20. The molecule has 0 radical (unpaired) electrons. The maximum atomic E-state index is 3.50. The molecule has 1 heterocycles. The fourth-order valence-electron chi connectivity index (χ4n) is 2.00. The Bertz CT molecular complexity index is 128. The fraction of sp³-hybridized carbons (Fsp3) is 1.00. The first kappa shape index (κ1) is 12.0. The minimum absolute atomic E-state index is 0.782. The molecule has 1 saturated heterocycles. The first-order chi connectivity index (χ1) is 6.79. The lowest BCUT2D eigenvalue weighted by Gasteiger charge is -2.26. The average molecular weight is 198 g/mol. The molecular formula is C12H26N2. The predicted molar refractivity (Wildman–Crippen MR) is 62.6 cm³/mol. The standard InChI is InChI=1S/C12H26N2/c1-12(2)11-13-7-6-10-14-8-4-3-5-9-14/h12-13H,3-11H2,1-2H3. The summed E-state index contributed by atoms with van der Waals surface area (Å²) in [5, 5.41) is 3.50. The maximum absolute atomic E-state index is 3.50. The Hall–Kier alpha value is -0.0800. The van der Waals surface area contributed by atoms with Gasteiger partial charge in [0.1, 0.15) is 0 Å². The second kappa shape index (κ2) is 7.24. The molecule has 0 aliphatic carbocycles. The summed E-state index contributed by atoms with van der Waals surface area (Å²) in [4.78, 5) is 2.61. The first-order valence-electron chi connectivity index (χ1n) is 6.22. The van der Waals surface area contributed by atoms with E-state index in [-0.39, 0.29) is 0 Å². The monoisotopic (exact) mass is 198 g/mol. The zero-order chi connectivity index (χ0) is 10.2. The Morgan fingerprint density at radius 3 is 2.50 bits per heavy atom. The number of nitrogens with one attached hydrogen (secondary N) is 1. The van der Waals surface area contributed by atoms with Gasteiger partial charge in [0.15, 0.2) is 0 Å². The van der Waals surface area contributed by atoms with Crippen molar-refractivity contribution in [3.05, 3.63) is 0 Å². The second-order valence-corrected chi connectivity index (χ2v) is 4.85. The van der Waals surface area contributed by atoms with Crippen LogP contribution in [0.15, 0.2) is 0 Å². The van der Waals surface area contributed by atoms with Crippen molar-refractivity contribution in [2.75, 3.05) is 32.7 Å². The largest absolute Gasteiger partial charge is 0.316 e. The number of nitrogens with zero attached hydrogens (tertiary/aromatic N) is 1. The molecule has 0 unspecified atom stereocenters. The summed E-state index contributed by atoms with van der Waals surface area (Å²) in [6.07, 6.45) is 5.59. The van der Waals surface area contributed by atoms with Crippen LogP contribution in [0, 0.1) is 5.92 Å². The molecule has 0 spiro atoms.